The summed E-state index contributed by atoms with van der Waals surface area (Å²) >= 11 is 0. The van der Waals surface area contributed by atoms with Crippen molar-refractivity contribution in [1.29, 1.82) is 0 Å². The van der Waals surface area contributed by atoms with Crippen LogP contribution in [0.1, 0.15) is 21.5 Å². The molecule has 0 radical (unpaired) electrons. The minimum atomic E-state index is -0.975. The van der Waals surface area contributed by atoms with Gasteiger partial charge in [0.2, 0.25) is 0 Å². The first-order valence-electron chi connectivity index (χ1n) is 9.16. The van der Waals surface area contributed by atoms with Gasteiger partial charge in [0.1, 0.15) is 5.75 Å². The molecule has 0 aromatic heterocycles. The lowest BCUT2D eigenvalue weighted by Gasteiger charge is -2.13. The van der Waals surface area contributed by atoms with Gasteiger partial charge in [0.05, 0.1) is 5.56 Å². The summed E-state index contributed by atoms with van der Waals surface area (Å²) in [6, 6.07) is 21.6. The second-order valence-electron chi connectivity index (χ2n) is 6.55. The lowest BCUT2D eigenvalue weighted by molar-refractivity contribution is -0.118. The minimum absolute atomic E-state index is 0.112. The van der Waals surface area contributed by atoms with E-state index in [1.54, 1.807) is 24.3 Å². The van der Waals surface area contributed by atoms with Crippen molar-refractivity contribution in [2.45, 2.75) is 13.5 Å². The maximum Gasteiger partial charge on any atom is 0.335 e. The van der Waals surface area contributed by atoms with Gasteiger partial charge >= 0.3 is 5.97 Å². The number of hydrogen-bond acceptors (Lipinski definition) is 4. The summed E-state index contributed by atoms with van der Waals surface area (Å²) in [6.45, 7) is 2.28. The second-order valence-corrected chi connectivity index (χ2v) is 6.55. The summed E-state index contributed by atoms with van der Waals surface area (Å²) in [6.07, 6.45) is 0. The fraction of sp³-hybridized carbons (Fsp3) is 0.130. The molecule has 0 unspecified atom stereocenters. The Morgan fingerprint density at radius 2 is 1.69 bits per heavy atom. The van der Waals surface area contributed by atoms with Gasteiger partial charge in [-0.2, -0.15) is 0 Å². The van der Waals surface area contributed by atoms with E-state index in [0.29, 0.717) is 18.0 Å². The summed E-state index contributed by atoms with van der Waals surface area (Å²) in [5.41, 5.74) is 3.56. The van der Waals surface area contributed by atoms with Crippen LogP contribution in [-0.4, -0.2) is 23.6 Å². The highest BCUT2D eigenvalue weighted by Crippen LogP contribution is 2.20. The average Bonchev–Trinajstić information content (AvgIpc) is 2.71. The van der Waals surface area contributed by atoms with Crippen LogP contribution in [-0.2, 0) is 11.3 Å². The third kappa shape index (κ3) is 5.84. The van der Waals surface area contributed by atoms with Crippen LogP contribution in [0.15, 0.2) is 72.8 Å². The quantitative estimate of drug-likeness (QED) is 0.533. The van der Waals surface area contributed by atoms with Gasteiger partial charge in [0, 0.05) is 23.5 Å². The van der Waals surface area contributed by atoms with E-state index in [1.165, 1.54) is 6.07 Å². The van der Waals surface area contributed by atoms with E-state index in [1.807, 2.05) is 49.4 Å². The van der Waals surface area contributed by atoms with E-state index in [0.717, 1.165) is 16.8 Å². The number of nitrogens with one attached hydrogen (secondary N) is 2. The molecule has 6 nitrogen and oxygen atoms in total. The first-order valence-corrected chi connectivity index (χ1v) is 9.16. The molecule has 6 heteroatoms. The van der Waals surface area contributed by atoms with E-state index < -0.39 is 5.97 Å². The van der Waals surface area contributed by atoms with E-state index in [-0.39, 0.29) is 18.1 Å². The highest BCUT2D eigenvalue weighted by Gasteiger charge is 2.08. The van der Waals surface area contributed by atoms with Crippen molar-refractivity contribution in [2.24, 2.45) is 0 Å². The van der Waals surface area contributed by atoms with Gasteiger partial charge < -0.3 is 20.5 Å². The Labute approximate surface area is 169 Å². The van der Waals surface area contributed by atoms with E-state index in [2.05, 4.69) is 10.6 Å². The number of carbonyl (C=O) groups excluding carboxylic acids is 1. The maximum absolute atomic E-state index is 12.2. The first kappa shape index (κ1) is 19.9. The van der Waals surface area contributed by atoms with Crippen molar-refractivity contribution in [2.75, 3.05) is 17.2 Å². The third-order valence-corrected chi connectivity index (χ3v) is 4.23. The molecule has 0 spiro atoms. The molecule has 0 aliphatic carbocycles. The van der Waals surface area contributed by atoms with Crippen molar-refractivity contribution >= 4 is 23.3 Å². The molecule has 0 heterocycles. The van der Waals surface area contributed by atoms with Crippen molar-refractivity contribution in [3.8, 4) is 5.75 Å². The Hall–Kier alpha value is -3.80. The Kier molecular flexibility index (Phi) is 6.47. The summed E-state index contributed by atoms with van der Waals surface area (Å²) in [7, 11) is 0. The standard InChI is InChI=1S/C23H22N2O4/c1-16-6-4-10-20(12-16)25-22(26)15-29-21-11-3-2-7-18(21)14-24-19-9-5-8-17(13-19)23(27)28/h2-13,24H,14-15H2,1H3,(H,25,26)(H,27,28). The smallest absolute Gasteiger partial charge is 0.335 e. The molecule has 29 heavy (non-hydrogen) atoms. The van der Waals surface area contributed by atoms with Crippen LogP contribution in [0.5, 0.6) is 5.75 Å². The fourth-order valence-corrected chi connectivity index (χ4v) is 2.81. The number of anilines is 2. The Morgan fingerprint density at radius 1 is 0.931 bits per heavy atom. The number of amides is 1. The van der Waals surface area contributed by atoms with Crippen molar-refractivity contribution in [3.05, 3.63) is 89.5 Å². The molecule has 3 rings (SSSR count). The van der Waals surface area contributed by atoms with Gasteiger partial charge in [0.15, 0.2) is 6.61 Å². The molecule has 0 saturated heterocycles. The maximum atomic E-state index is 12.2. The summed E-state index contributed by atoms with van der Waals surface area (Å²) < 4.78 is 5.71. The monoisotopic (exact) mass is 390 g/mol. The molecule has 3 aromatic carbocycles. The molecule has 3 N–H and O–H groups in total. The largest absolute Gasteiger partial charge is 0.483 e. The van der Waals surface area contributed by atoms with Crippen LogP contribution < -0.4 is 15.4 Å². The SMILES string of the molecule is Cc1cccc(NC(=O)COc2ccccc2CNc2cccc(C(=O)O)c2)c1. The predicted molar refractivity (Wildman–Crippen MR) is 112 cm³/mol. The van der Waals surface area contributed by atoms with Gasteiger partial charge in [-0.15, -0.1) is 0 Å². The van der Waals surface area contributed by atoms with Crippen LogP contribution in [0.3, 0.4) is 0 Å². The Balaban J connectivity index is 1.59. The second kappa shape index (κ2) is 9.41. The number of aryl methyl sites for hydroxylation is 1. The zero-order valence-electron chi connectivity index (χ0n) is 16.0. The first-order chi connectivity index (χ1) is 14.0. The van der Waals surface area contributed by atoms with Crippen molar-refractivity contribution in [3.63, 3.8) is 0 Å². The Bertz CT molecular complexity index is 1020. The Morgan fingerprint density at radius 3 is 2.48 bits per heavy atom. The van der Waals surface area contributed by atoms with Gasteiger partial charge in [-0.1, -0.05) is 36.4 Å². The van der Waals surface area contributed by atoms with Crippen LogP contribution in [0.4, 0.5) is 11.4 Å². The molecular formula is C23H22N2O4. The zero-order chi connectivity index (χ0) is 20.6. The van der Waals surface area contributed by atoms with Crippen LogP contribution >= 0.6 is 0 Å². The summed E-state index contributed by atoms with van der Waals surface area (Å²) in [5, 5.41) is 15.1. The lowest BCUT2D eigenvalue weighted by Crippen LogP contribution is -2.20. The molecule has 0 bridgehead atoms. The van der Waals surface area contributed by atoms with Crippen molar-refractivity contribution < 1.29 is 19.4 Å². The topological polar surface area (TPSA) is 87.7 Å². The number of benzene rings is 3. The summed E-state index contributed by atoms with van der Waals surface area (Å²) in [4.78, 5) is 23.3. The summed E-state index contributed by atoms with van der Waals surface area (Å²) in [5.74, 6) is -0.627. The van der Waals surface area contributed by atoms with E-state index in [4.69, 9.17) is 9.84 Å². The molecular weight excluding hydrogens is 368 g/mol. The van der Waals surface area contributed by atoms with Gasteiger partial charge in [-0.3, -0.25) is 4.79 Å². The van der Waals surface area contributed by atoms with Crippen molar-refractivity contribution in [1.82, 2.24) is 0 Å². The molecule has 0 saturated carbocycles. The highest BCUT2D eigenvalue weighted by molar-refractivity contribution is 5.92. The van der Waals surface area contributed by atoms with Gasteiger partial charge in [-0.05, 0) is 48.9 Å². The number of rotatable bonds is 8. The van der Waals surface area contributed by atoms with Crippen LogP contribution in [0.2, 0.25) is 0 Å². The number of hydrogen-bond donors (Lipinski definition) is 3. The molecule has 148 valence electrons. The number of ether oxygens (including phenoxy) is 1. The molecule has 3 aromatic rings. The average molecular weight is 390 g/mol. The van der Waals surface area contributed by atoms with E-state index in [9.17, 15) is 9.59 Å². The number of carboxylic acids is 1. The van der Waals surface area contributed by atoms with Gasteiger partial charge in [0.25, 0.3) is 5.91 Å². The number of aromatic carboxylic acids is 1. The third-order valence-electron chi connectivity index (χ3n) is 4.23. The predicted octanol–water partition coefficient (Wildman–Crippen LogP) is 4.32. The van der Waals surface area contributed by atoms with Crippen LogP contribution in [0, 0.1) is 6.92 Å². The number of para-hydroxylation sites is 1. The van der Waals surface area contributed by atoms with Gasteiger partial charge in [-0.25, -0.2) is 4.79 Å². The molecule has 1 amide bonds. The molecule has 0 fully saturated rings. The molecule has 0 atom stereocenters. The highest BCUT2D eigenvalue weighted by atomic mass is 16.5. The zero-order valence-corrected chi connectivity index (χ0v) is 16.0. The van der Waals surface area contributed by atoms with Crippen LogP contribution in [0.25, 0.3) is 0 Å². The lowest BCUT2D eigenvalue weighted by atomic mass is 10.1. The number of carbonyl (C=O) groups is 2. The van der Waals surface area contributed by atoms with E-state index >= 15 is 0 Å². The molecule has 0 aliphatic rings. The minimum Gasteiger partial charge on any atom is -0.483 e. The molecule has 0 aliphatic heterocycles. The normalized spacial score (nSPS) is 10.2. The fourth-order valence-electron chi connectivity index (χ4n) is 2.81. The number of carboxylic acid groups (broad SMARTS) is 1.